The fourth-order valence-electron chi connectivity index (χ4n) is 4.92. The van der Waals surface area contributed by atoms with E-state index in [9.17, 15) is 0 Å². The van der Waals surface area contributed by atoms with Crippen LogP contribution in [0, 0.1) is 0 Å². The summed E-state index contributed by atoms with van der Waals surface area (Å²) in [5.41, 5.74) is 1.86. The van der Waals surface area contributed by atoms with Crippen molar-refractivity contribution in [3.8, 4) is 23.0 Å². The molecule has 0 N–H and O–H groups in total. The van der Waals surface area contributed by atoms with Gasteiger partial charge in [0.1, 0.15) is 5.75 Å². The minimum absolute atomic E-state index is 0.178. The largest absolute Gasteiger partial charge is 0.531 e. The van der Waals surface area contributed by atoms with Gasteiger partial charge in [-0.1, -0.05) is 111 Å². The molecule has 0 aliphatic carbocycles. The van der Waals surface area contributed by atoms with Gasteiger partial charge in [0.2, 0.25) is 0 Å². The van der Waals surface area contributed by atoms with E-state index in [1.807, 2.05) is 54.6 Å². The first-order chi connectivity index (χ1) is 18.7. The highest BCUT2D eigenvalue weighted by molar-refractivity contribution is 7.00. The SMILES string of the molecule is COc1ccc(/C=C/c2cc(Cl)c(OC)c(OC)c2)cc1O[Si](c1ccccc1)(c1ccccc1)C(C)(C)C. The molecule has 0 unspecified atom stereocenters. The summed E-state index contributed by atoms with van der Waals surface area (Å²) in [6, 6.07) is 30.9. The zero-order valence-corrected chi connectivity index (χ0v) is 25.1. The van der Waals surface area contributed by atoms with E-state index in [4.69, 9.17) is 30.2 Å². The second kappa shape index (κ2) is 12.0. The molecule has 4 aromatic carbocycles. The Morgan fingerprint density at radius 1 is 0.615 bits per heavy atom. The summed E-state index contributed by atoms with van der Waals surface area (Å²) in [6.45, 7) is 6.78. The van der Waals surface area contributed by atoms with Gasteiger partial charge in [-0.15, -0.1) is 0 Å². The van der Waals surface area contributed by atoms with Crippen molar-refractivity contribution in [1.29, 1.82) is 0 Å². The Balaban J connectivity index is 1.81. The molecule has 0 amide bonds. The smallest absolute Gasteiger partial charge is 0.320 e. The first-order valence-electron chi connectivity index (χ1n) is 12.8. The molecule has 39 heavy (non-hydrogen) atoms. The van der Waals surface area contributed by atoms with E-state index >= 15 is 0 Å². The van der Waals surface area contributed by atoms with E-state index in [1.54, 1.807) is 21.3 Å². The van der Waals surface area contributed by atoms with E-state index in [-0.39, 0.29) is 5.04 Å². The molecule has 0 heterocycles. The maximum Gasteiger partial charge on any atom is 0.320 e. The number of hydrogen-bond acceptors (Lipinski definition) is 4. The second-order valence-corrected chi connectivity index (χ2v) is 14.9. The molecule has 0 saturated heterocycles. The predicted molar refractivity (Wildman–Crippen MR) is 165 cm³/mol. The highest BCUT2D eigenvalue weighted by Crippen LogP contribution is 2.41. The fourth-order valence-corrected chi connectivity index (χ4v) is 9.63. The minimum Gasteiger partial charge on any atom is -0.531 e. The van der Waals surface area contributed by atoms with E-state index in [0.29, 0.717) is 28.0 Å². The van der Waals surface area contributed by atoms with Crippen LogP contribution in [0.25, 0.3) is 12.2 Å². The Bertz CT molecular complexity index is 1390. The average Bonchev–Trinajstić information content (AvgIpc) is 2.94. The normalized spacial score (nSPS) is 11.9. The van der Waals surface area contributed by atoms with Gasteiger partial charge in [0.05, 0.1) is 26.4 Å². The quantitative estimate of drug-likeness (QED) is 0.158. The topological polar surface area (TPSA) is 36.9 Å². The van der Waals surface area contributed by atoms with Crippen molar-refractivity contribution in [1.82, 2.24) is 0 Å². The van der Waals surface area contributed by atoms with Crippen LogP contribution in [0.2, 0.25) is 10.1 Å². The highest BCUT2D eigenvalue weighted by Gasteiger charge is 2.52. The van der Waals surface area contributed by atoms with Crippen LogP contribution >= 0.6 is 11.6 Å². The van der Waals surface area contributed by atoms with Crippen LogP contribution in [0.5, 0.6) is 23.0 Å². The predicted octanol–water partition coefficient (Wildman–Crippen LogP) is 7.48. The van der Waals surface area contributed by atoms with Gasteiger partial charge >= 0.3 is 8.32 Å². The minimum atomic E-state index is -2.83. The summed E-state index contributed by atoms with van der Waals surface area (Å²) in [5, 5.41) is 2.71. The summed E-state index contributed by atoms with van der Waals surface area (Å²) in [5.74, 6) is 2.49. The van der Waals surface area contributed by atoms with Crippen LogP contribution in [0.1, 0.15) is 31.9 Å². The Hall–Kier alpha value is -3.67. The third-order valence-electron chi connectivity index (χ3n) is 6.79. The zero-order chi connectivity index (χ0) is 28.0. The third kappa shape index (κ3) is 5.85. The first kappa shape index (κ1) is 28.3. The molecule has 0 atom stereocenters. The number of rotatable bonds is 9. The van der Waals surface area contributed by atoms with Gasteiger partial charge in [0, 0.05) is 0 Å². The van der Waals surface area contributed by atoms with Gasteiger partial charge in [0.15, 0.2) is 17.2 Å². The molecular weight excluding hydrogens is 524 g/mol. The Morgan fingerprint density at radius 3 is 1.67 bits per heavy atom. The third-order valence-corrected chi connectivity index (χ3v) is 12.0. The summed E-state index contributed by atoms with van der Waals surface area (Å²) in [4.78, 5) is 0. The summed E-state index contributed by atoms with van der Waals surface area (Å²) in [6.07, 6.45) is 4.01. The van der Waals surface area contributed by atoms with Crippen molar-refractivity contribution in [3.63, 3.8) is 0 Å². The molecule has 4 aromatic rings. The summed E-state index contributed by atoms with van der Waals surface area (Å²) in [7, 11) is 2.02. The Morgan fingerprint density at radius 2 is 1.15 bits per heavy atom. The van der Waals surface area contributed by atoms with Crippen molar-refractivity contribution < 1.29 is 18.6 Å². The van der Waals surface area contributed by atoms with Crippen LogP contribution in [0.3, 0.4) is 0 Å². The van der Waals surface area contributed by atoms with E-state index in [0.717, 1.165) is 11.1 Å². The van der Waals surface area contributed by atoms with Crippen LogP contribution in [-0.2, 0) is 0 Å². The standard InChI is InChI=1S/C33H35ClO4Si/c1-33(2,3)39(26-13-9-7-10-14-26,27-15-11-8-12-16-27)38-30-22-24(19-20-29(30)35-4)17-18-25-21-28(34)32(37-6)31(23-25)36-5/h7-23H,1-6H3/b18-17+. The molecule has 4 rings (SSSR count). The number of hydrogen-bond donors (Lipinski definition) is 0. The van der Waals surface area contributed by atoms with Crippen molar-refractivity contribution in [3.05, 3.63) is 107 Å². The summed E-state index contributed by atoms with van der Waals surface area (Å²) >= 11 is 6.42. The van der Waals surface area contributed by atoms with Crippen LogP contribution in [-0.4, -0.2) is 29.6 Å². The molecule has 0 aliphatic heterocycles. The van der Waals surface area contributed by atoms with E-state index in [2.05, 4.69) is 69.3 Å². The fraction of sp³-hybridized carbons (Fsp3) is 0.212. The van der Waals surface area contributed by atoms with Crippen molar-refractivity contribution in [2.24, 2.45) is 0 Å². The monoisotopic (exact) mass is 558 g/mol. The number of benzene rings is 4. The lowest BCUT2D eigenvalue weighted by Gasteiger charge is -2.43. The Labute approximate surface area is 237 Å². The van der Waals surface area contributed by atoms with E-state index < -0.39 is 8.32 Å². The molecule has 6 heteroatoms. The van der Waals surface area contributed by atoms with Crippen LogP contribution in [0.4, 0.5) is 0 Å². The Kier molecular flexibility index (Phi) is 8.73. The van der Waals surface area contributed by atoms with Gasteiger partial charge in [-0.25, -0.2) is 0 Å². The molecular formula is C33H35ClO4Si. The second-order valence-electron chi connectivity index (χ2n) is 10.2. The lowest BCUT2D eigenvalue weighted by Crippen LogP contribution is -2.68. The lowest BCUT2D eigenvalue weighted by atomic mass is 10.1. The van der Waals surface area contributed by atoms with Gasteiger partial charge < -0.3 is 18.6 Å². The van der Waals surface area contributed by atoms with Gasteiger partial charge in [0.25, 0.3) is 0 Å². The van der Waals surface area contributed by atoms with Crippen molar-refractivity contribution >= 4 is 42.4 Å². The lowest BCUT2D eigenvalue weighted by molar-refractivity contribution is 0.355. The summed E-state index contributed by atoms with van der Waals surface area (Å²) < 4.78 is 23.9. The maximum atomic E-state index is 7.26. The zero-order valence-electron chi connectivity index (χ0n) is 23.3. The van der Waals surface area contributed by atoms with Gasteiger partial charge in [-0.2, -0.15) is 0 Å². The van der Waals surface area contributed by atoms with Crippen LogP contribution < -0.4 is 29.0 Å². The first-order valence-corrected chi connectivity index (χ1v) is 15.1. The molecule has 0 aliphatic rings. The molecule has 0 aromatic heterocycles. The average molecular weight is 559 g/mol. The molecule has 0 radical (unpaired) electrons. The molecule has 0 saturated carbocycles. The van der Waals surface area contributed by atoms with Crippen molar-refractivity contribution in [2.75, 3.05) is 21.3 Å². The van der Waals surface area contributed by atoms with Crippen LogP contribution in [0.15, 0.2) is 91.0 Å². The molecule has 0 bridgehead atoms. The number of ether oxygens (including phenoxy) is 3. The molecule has 202 valence electrons. The van der Waals surface area contributed by atoms with Gasteiger partial charge in [-0.05, 0) is 50.8 Å². The highest BCUT2D eigenvalue weighted by atomic mass is 35.5. The number of methoxy groups -OCH3 is 3. The van der Waals surface area contributed by atoms with Gasteiger partial charge in [-0.3, -0.25) is 0 Å². The van der Waals surface area contributed by atoms with Crippen molar-refractivity contribution in [2.45, 2.75) is 25.8 Å². The number of halogens is 1. The molecule has 0 fully saturated rings. The molecule has 0 spiro atoms. The maximum absolute atomic E-state index is 7.26. The molecule has 4 nitrogen and oxygen atoms in total. The van der Waals surface area contributed by atoms with E-state index in [1.165, 1.54) is 10.4 Å².